The monoisotopic (exact) mass is 264 g/mol. The Morgan fingerprint density at radius 1 is 1.16 bits per heavy atom. The van der Waals surface area contributed by atoms with Crippen LogP contribution in [0.1, 0.15) is 31.1 Å². The predicted molar refractivity (Wildman–Crippen MR) is 70.8 cm³/mol. The van der Waals surface area contributed by atoms with E-state index in [1.807, 2.05) is 26.8 Å². The van der Waals surface area contributed by atoms with Crippen molar-refractivity contribution in [2.45, 2.75) is 45.2 Å². The van der Waals surface area contributed by atoms with Crippen LogP contribution in [0.25, 0.3) is 0 Å². The summed E-state index contributed by atoms with van der Waals surface area (Å²) in [5.41, 5.74) is 0.480. The van der Waals surface area contributed by atoms with Crippen LogP contribution >= 0.6 is 0 Å². The molecule has 5 atom stereocenters. The Hall–Kier alpha value is -1.39. The average Bonchev–Trinajstić information content (AvgIpc) is 2.42. The number of carbonyl (C=O) groups excluding carboxylic acids is 1. The number of hydrogen-bond acceptors (Lipinski definition) is 4. The van der Waals surface area contributed by atoms with Crippen LogP contribution in [0.2, 0.25) is 0 Å². The molecule has 1 heterocycles. The molecule has 19 heavy (non-hydrogen) atoms. The van der Waals surface area contributed by atoms with Gasteiger partial charge in [-0.05, 0) is 26.0 Å². The predicted octanol–water partition coefficient (Wildman–Crippen LogP) is 2.02. The van der Waals surface area contributed by atoms with E-state index < -0.39 is 18.2 Å². The van der Waals surface area contributed by atoms with Gasteiger partial charge in [0.05, 0.1) is 23.9 Å². The molecule has 4 heteroatoms. The lowest BCUT2D eigenvalue weighted by atomic mass is 9.89. The fourth-order valence-electron chi connectivity index (χ4n) is 2.33. The Bertz CT molecular complexity index is 431. The number of aliphatic hydroxyl groups is 1. The Balaban J connectivity index is 2.08. The van der Waals surface area contributed by atoms with Crippen molar-refractivity contribution in [3.63, 3.8) is 0 Å². The number of hydrogen-bond donors (Lipinski definition) is 1. The van der Waals surface area contributed by atoms with Crippen molar-refractivity contribution in [1.29, 1.82) is 0 Å². The highest BCUT2D eigenvalue weighted by Crippen LogP contribution is 2.28. The zero-order chi connectivity index (χ0) is 14.0. The van der Waals surface area contributed by atoms with Gasteiger partial charge in [-0.1, -0.05) is 25.1 Å². The number of rotatable bonds is 2. The van der Waals surface area contributed by atoms with Crippen LogP contribution < -0.4 is 0 Å². The van der Waals surface area contributed by atoms with E-state index in [-0.39, 0.29) is 18.1 Å². The fourth-order valence-corrected chi connectivity index (χ4v) is 2.33. The molecule has 2 rings (SSSR count). The molecule has 4 nitrogen and oxygen atoms in total. The summed E-state index contributed by atoms with van der Waals surface area (Å²) in [6.45, 7) is 5.62. The van der Waals surface area contributed by atoms with Crippen molar-refractivity contribution in [3.8, 4) is 0 Å². The van der Waals surface area contributed by atoms with Gasteiger partial charge < -0.3 is 14.6 Å². The van der Waals surface area contributed by atoms with Crippen LogP contribution in [0.5, 0.6) is 0 Å². The standard InChI is InChI=1S/C15H20O4/c1-9-10(2)18-11(3)14(13(9)16)19-15(17)12-7-5-4-6-8-12/h4-11,13-14,16H,1-3H3/t9?,10?,11-,13-,14+/m0/s1. The second-order valence-electron chi connectivity index (χ2n) is 5.13. The zero-order valence-electron chi connectivity index (χ0n) is 11.4. The molecule has 1 N–H and O–H groups in total. The van der Waals surface area contributed by atoms with E-state index in [9.17, 15) is 9.90 Å². The summed E-state index contributed by atoms with van der Waals surface area (Å²) in [6, 6.07) is 8.77. The van der Waals surface area contributed by atoms with Crippen LogP contribution in [0, 0.1) is 5.92 Å². The van der Waals surface area contributed by atoms with Gasteiger partial charge in [0.15, 0.2) is 6.10 Å². The van der Waals surface area contributed by atoms with Crippen molar-refractivity contribution in [1.82, 2.24) is 0 Å². The third-order valence-corrected chi connectivity index (χ3v) is 3.76. The van der Waals surface area contributed by atoms with Crippen molar-refractivity contribution < 1.29 is 19.4 Å². The Morgan fingerprint density at radius 3 is 2.42 bits per heavy atom. The molecule has 0 aromatic heterocycles. The molecule has 2 unspecified atom stereocenters. The van der Waals surface area contributed by atoms with Crippen molar-refractivity contribution in [3.05, 3.63) is 35.9 Å². The summed E-state index contributed by atoms with van der Waals surface area (Å²) >= 11 is 0. The van der Waals surface area contributed by atoms with E-state index in [1.165, 1.54) is 0 Å². The summed E-state index contributed by atoms with van der Waals surface area (Å²) in [6.07, 6.45) is -1.68. The zero-order valence-corrected chi connectivity index (χ0v) is 11.4. The third-order valence-electron chi connectivity index (χ3n) is 3.76. The second-order valence-corrected chi connectivity index (χ2v) is 5.13. The average molecular weight is 264 g/mol. The van der Waals surface area contributed by atoms with Crippen LogP contribution in [-0.4, -0.2) is 35.5 Å². The number of carbonyl (C=O) groups is 1. The van der Waals surface area contributed by atoms with E-state index in [2.05, 4.69) is 0 Å². The molecule has 104 valence electrons. The van der Waals surface area contributed by atoms with Gasteiger partial charge in [-0.2, -0.15) is 0 Å². The molecule has 1 saturated heterocycles. The molecule has 1 aliphatic heterocycles. The molecular formula is C15H20O4. The number of ether oxygens (including phenoxy) is 2. The quantitative estimate of drug-likeness (QED) is 0.830. The Kier molecular flexibility index (Phi) is 4.22. The van der Waals surface area contributed by atoms with E-state index in [1.54, 1.807) is 24.3 Å². The molecule has 1 aromatic carbocycles. The minimum absolute atomic E-state index is 0.0447. The lowest BCUT2D eigenvalue weighted by molar-refractivity contribution is -0.185. The van der Waals surface area contributed by atoms with Crippen LogP contribution in [0.4, 0.5) is 0 Å². The van der Waals surface area contributed by atoms with Gasteiger partial charge in [0.2, 0.25) is 0 Å². The topological polar surface area (TPSA) is 55.8 Å². The number of aliphatic hydroxyl groups excluding tert-OH is 1. The largest absolute Gasteiger partial charge is 0.453 e. The minimum Gasteiger partial charge on any atom is -0.453 e. The molecule has 1 fully saturated rings. The summed E-state index contributed by atoms with van der Waals surface area (Å²) in [7, 11) is 0. The molecule has 0 amide bonds. The van der Waals surface area contributed by atoms with Gasteiger partial charge >= 0.3 is 5.97 Å². The van der Waals surface area contributed by atoms with E-state index in [4.69, 9.17) is 9.47 Å². The fraction of sp³-hybridized carbons (Fsp3) is 0.533. The summed E-state index contributed by atoms with van der Waals surface area (Å²) < 4.78 is 11.1. The van der Waals surface area contributed by atoms with Gasteiger partial charge in [-0.15, -0.1) is 0 Å². The maximum absolute atomic E-state index is 12.0. The summed E-state index contributed by atoms with van der Waals surface area (Å²) in [4.78, 5) is 12.0. The van der Waals surface area contributed by atoms with Crippen LogP contribution in [-0.2, 0) is 9.47 Å². The first-order valence-corrected chi connectivity index (χ1v) is 6.60. The van der Waals surface area contributed by atoms with Crippen LogP contribution in [0.15, 0.2) is 30.3 Å². The highest BCUT2D eigenvalue weighted by Gasteiger charge is 2.41. The second kappa shape index (κ2) is 5.72. The van der Waals surface area contributed by atoms with E-state index >= 15 is 0 Å². The molecule has 0 spiro atoms. The maximum Gasteiger partial charge on any atom is 0.338 e. The highest BCUT2D eigenvalue weighted by molar-refractivity contribution is 5.89. The van der Waals surface area contributed by atoms with Gasteiger partial charge in [-0.3, -0.25) is 0 Å². The maximum atomic E-state index is 12.0. The van der Waals surface area contributed by atoms with Gasteiger partial charge in [0.1, 0.15) is 0 Å². The minimum atomic E-state index is -0.702. The van der Waals surface area contributed by atoms with Crippen LogP contribution in [0.3, 0.4) is 0 Å². The first-order chi connectivity index (χ1) is 9.00. The number of benzene rings is 1. The molecule has 0 aliphatic carbocycles. The Labute approximate surface area is 113 Å². The lowest BCUT2D eigenvalue weighted by Crippen LogP contribution is -2.53. The highest BCUT2D eigenvalue weighted by atomic mass is 16.6. The van der Waals surface area contributed by atoms with Crippen molar-refractivity contribution in [2.24, 2.45) is 5.92 Å². The third kappa shape index (κ3) is 2.96. The molecule has 0 saturated carbocycles. The van der Waals surface area contributed by atoms with E-state index in [0.717, 1.165) is 0 Å². The molecule has 1 aliphatic rings. The Morgan fingerprint density at radius 2 is 1.79 bits per heavy atom. The molecule has 0 bridgehead atoms. The SMILES string of the molecule is CC1O[C@@H](C)[C@@H](OC(=O)c2ccccc2)[C@@H](O)C1C. The number of esters is 1. The summed E-state index contributed by atoms with van der Waals surface area (Å²) in [5.74, 6) is -0.494. The first kappa shape index (κ1) is 14.0. The van der Waals surface area contributed by atoms with Gasteiger partial charge in [0, 0.05) is 5.92 Å². The summed E-state index contributed by atoms with van der Waals surface area (Å²) in [5, 5.41) is 10.2. The normalized spacial score (nSPS) is 34.8. The van der Waals surface area contributed by atoms with E-state index in [0.29, 0.717) is 5.56 Å². The molecule has 0 radical (unpaired) electrons. The van der Waals surface area contributed by atoms with Crippen molar-refractivity contribution in [2.75, 3.05) is 0 Å². The van der Waals surface area contributed by atoms with Crippen molar-refractivity contribution >= 4 is 5.97 Å². The first-order valence-electron chi connectivity index (χ1n) is 6.60. The van der Waals surface area contributed by atoms with Gasteiger partial charge in [0.25, 0.3) is 0 Å². The lowest BCUT2D eigenvalue weighted by Gasteiger charge is -2.40. The molecule has 1 aromatic rings. The smallest absolute Gasteiger partial charge is 0.338 e. The molecular weight excluding hydrogens is 244 g/mol. The van der Waals surface area contributed by atoms with Gasteiger partial charge in [-0.25, -0.2) is 4.79 Å².